The molecule has 1 aromatic rings. The second-order valence-electron chi connectivity index (χ2n) is 6.92. The Morgan fingerprint density at radius 2 is 2.11 bits per heavy atom. The van der Waals surface area contributed by atoms with Crippen LogP contribution in [0.3, 0.4) is 0 Å². The van der Waals surface area contributed by atoms with Crippen LogP contribution in [0.1, 0.15) is 24.8 Å². The number of carbonyl (C=O) groups excluding carboxylic acids is 1. The number of rotatable bonds is 2. The van der Waals surface area contributed by atoms with Crippen LogP contribution in [0, 0.1) is 0 Å². The molecule has 1 N–H and O–H groups in total. The number of hydrogen-bond acceptors (Lipinski definition) is 6. The molecule has 0 aliphatic carbocycles. The van der Waals surface area contributed by atoms with Gasteiger partial charge in [0.15, 0.2) is 6.23 Å². The molecule has 27 heavy (non-hydrogen) atoms. The predicted molar refractivity (Wildman–Crippen MR) is 105 cm³/mol. The van der Waals surface area contributed by atoms with Gasteiger partial charge in [0.05, 0.1) is 26.1 Å². The normalized spacial score (nSPS) is 22.8. The first kappa shape index (κ1) is 18.4. The number of morpholine rings is 1. The van der Waals surface area contributed by atoms with Crippen LogP contribution >= 0.6 is 11.6 Å². The second-order valence-corrected chi connectivity index (χ2v) is 7.33. The molecule has 144 valence electrons. The lowest BCUT2D eigenvalue weighted by molar-refractivity contribution is -0.117. The quantitative estimate of drug-likeness (QED) is 0.836. The van der Waals surface area contributed by atoms with Crippen LogP contribution in [0.25, 0.3) is 0 Å². The Kier molecular flexibility index (Phi) is 5.43. The maximum Gasteiger partial charge on any atom is 0.234 e. The SMILES string of the molecule is O=C(CC1=NC(O)CC(N2CCOCC2)=N1)N1CCCc2c(Cl)cccc21. The van der Waals surface area contributed by atoms with E-state index in [0.717, 1.165) is 43.0 Å². The summed E-state index contributed by atoms with van der Waals surface area (Å²) in [6.45, 7) is 3.43. The van der Waals surface area contributed by atoms with E-state index in [-0.39, 0.29) is 12.3 Å². The number of carbonyl (C=O) groups is 1. The number of fused-ring (bicyclic) bond motifs is 1. The van der Waals surface area contributed by atoms with E-state index in [1.807, 2.05) is 18.2 Å². The predicted octanol–water partition coefficient (Wildman–Crippen LogP) is 1.86. The lowest BCUT2D eigenvalue weighted by atomic mass is 10.0. The summed E-state index contributed by atoms with van der Waals surface area (Å²) in [5.41, 5.74) is 1.88. The minimum atomic E-state index is -0.855. The van der Waals surface area contributed by atoms with Crippen molar-refractivity contribution in [1.82, 2.24) is 4.90 Å². The van der Waals surface area contributed by atoms with E-state index in [2.05, 4.69) is 14.9 Å². The molecule has 8 heteroatoms. The van der Waals surface area contributed by atoms with Crippen LogP contribution in [-0.2, 0) is 16.0 Å². The Balaban J connectivity index is 1.51. The van der Waals surface area contributed by atoms with E-state index in [4.69, 9.17) is 16.3 Å². The van der Waals surface area contributed by atoms with Gasteiger partial charge in [-0.3, -0.25) is 4.79 Å². The fourth-order valence-corrected chi connectivity index (χ4v) is 4.05. The highest BCUT2D eigenvalue weighted by Gasteiger charge is 2.27. The fraction of sp³-hybridized carbons (Fsp3) is 0.526. The largest absolute Gasteiger partial charge is 0.378 e. The van der Waals surface area contributed by atoms with E-state index in [1.54, 1.807) is 4.90 Å². The van der Waals surface area contributed by atoms with Crippen molar-refractivity contribution in [1.29, 1.82) is 0 Å². The zero-order valence-electron chi connectivity index (χ0n) is 15.1. The molecule has 7 nitrogen and oxygen atoms in total. The van der Waals surface area contributed by atoms with Crippen LogP contribution < -0.4 is 4.90 Å². The van der Waals surface area contributed by atoms with Gasteiger partial charge in [-0.15, -0.1) is 0 Å². The zero-order valence-corrected chi connectivity index (χ0v) is 15.9. The maximum atomic E-state index is 12.9. The topological polar surface area (TPSA) is 77.7 Å². The molecule has 0 aromatic heterocycles. The van der Waals surface area contributed by atoms with Crippen LogP contribution in [-0.4, -0.2) is 66.7 Å². The van der Waals surface area contributed by atoms with Crippen LogP contribution in [0.15, 0.2) is 28.2 Å². The molecular weight excluding hydrogens is 368 g/mol. The average molecular weight is 391 g/mol. The van der Waals surface area contributed by atoms with Gasteiger partial charge >= 0.3 is 0 Å². The van der Waals surface area contributed by atoms with Crippen LogP contribution in [0.2, 0.25) is 5.02 Å². The standard InChI is InChI=1S/C19H23ClN4O3/c20-14-4-1-5-15-13(14)3-2-6-24(15)19(26)11-16-21-17(12-18(25)22-16)23-7-9-27-10-8-23/h1,4-5,18,25H,2-3,6-12H2. The smallest absolute Gasteiger partial charge is 0.234 e. The van der Waals surface area contributed by atoms with Gasteiger partial charge in [0.1, 0.15) is 11.7 Å². The molecule has 1 amide bonds. The van der Waals surface area contributed by atoms with Crippen molar-refractivity contribution in [2.24, 2.45) is 9.98 Å². The average Bonchev–Trinajstić information content (AvgIpc) is 2.68. The molecule has 0 radical (unpaired) electrons. The molecule has 3 aliphatic rings. The molecule has 1 fully saturated rings. The number of aliphatic hydroxyl groups excluding tert-OH is 1. The Morgan fingerprint density at radius 3 is 2.93 bits per heavy atom. The number of hydrogen-bond donors (Lipinski definition) is 1. The van der Waals surface area contributed by atoms with E-state index >= 15 is 0 Å². The van der Waals surface area contributed by atoms with Gasteiger partial charge in [-0.2, -0.15) is 0 Å². The number of amidine groups is 2. The molecular formula is C19H23ClN4O3. The first-order valence-corrected chi connectivity index (χ1v) is 9.72. The molecule has 1 aromatic carbocycles. The highest BCUT2D eigenvalue weighted by atomic mass is 35.5. The third kappa shape index (κ3) is 4.00. The Morgan fingerprint density at radius 1 is 1.30 bits per heavy atom. The van der Waals surface area contributed by atoms with Gasteiger partial charge in [0.25, 0.3) is 0 Å². The van der Waals surface area contributed by atoms with E-state index in [0.29, 0.717) is 37.0 Å². The van der Waals surface area contributed by atoms with Crippen molar-refractivity contribution in [3.05, 3.63) is 28.8 Å². The molecule has 4 rings (SSSR count). The lowest BCUT2D eigenvalue weighted by Crippen LogP contribution is -2.44. The molecule has 1 saturated heterocycles. The lowest BCUT2D eigenvalue weighted by Gasteiger charge is -2.32. The fourth-order valence-electron chi connectivity index (χ4n) is 3.78. The molecule has 0 bridgehead atoms. The van der Waals surface area contributed by atoms with Crippen molar-refractivity contribution in [3.63, 3.8) is 0 Å². The van der Waals surface area contributed by atoms with Crippen LogP contribution in [0.5, 0.6) is 0 Å². The van der Waals surface area contributed by atoms with Gasteiger partial charge in [-0.05, 0) is 30.5 Å². The molecule has 1 atom stereocenters. The number of nitrogens with zero attached hydrogens (tertiary/aromatic N) is 4. The second kappa shape index (κ2) is 7.96. The minimum Gasteiger partial charge on any atom is -0.378 e. The van der Waals surface area contributed by atoms with Gasteiger partial charge in [-0.25, -0.2) is 9.98 Å². The Bertz CT molecular complexity index is 789. The van der Waals surface area contributed by atoms with Crippen LogP contribution in [0.4, 0.5) is 5.69 Å². The van der Waals surface area contributed by atoms with E-state index < -0.39 is 6.23 Å². The summed E-state index contributed by atoms with van der Waals surface area (Å²) >= 11 is 6.30. The Labute approximate surface area is 163 Å². The number of halogens is 1. The third-order valence-corrected chi connectivity index (χ3v) is 5.46. The monoisotopic (exact) mass is 390 g/mol. The summed E-state index contributed by atoms with van der Waals surface area (Å²) in [6, 6.07) is 5.65. The third-order valence-electron chi connectivity index (χ3n) is 5.10. The number of anilines is 1. The summed E-state index contributed by atoms with van der Waals surface area (Å²) in [5.74, 6) is 1.09. The minimum absolute atomic E-state index is 0.0663. The number of aliphatic imine (C=N–C) groups is 2. The highest BCUT2D eigenvalue weighted by Crippen LogP contribution is 2.33. The van der Waals surface area contributed by atoms with Gasteiger partial charge in [-0.1, -0.05) is 17.7 Å². The number of ether oxygens (including phenoxy) is 1. The first-order chi connectivity index (χ1) is 13.1. The summed E-state index contributed by atoms with van der Waals surface area (Å²) < 4.78 is 5.37. The molecule has 0 spiro atoms. The van der Waals surface area contributed by atoms with E-state index in [9.17, 15) is 9.90 Å². The highest BCUT2D eigenvalue weighted by molar-refractivity contribution is 6.32. The van der Waals surface area contributed by atoms with Gasteiger partial charge in [0, 0.05) is 30.3 Å². The number of amides is 1. The van der Waals surface area contributed by atoms with Crippen molar-refractivity contribution >= 4 is 34.9 Å². The first-order valence-electron chi connectivity index (χ1n) is 9.34. The summed E-state index contributed by atoms with van der Waals surface area (Å²) in [6.07, 6.45) is 1.33. The van der Waals surface area contributed by atoms with E-state index in [1.165, 1.54) is 0 Å². The maximum absolute atomic E-state index is 12.9. The summed E-state index contributed by atoms with van der Waals surface area (Å²) in [7, 11) is 0. The van der Waals surface area contributed by atoms with Crippen molar-refractivity contribution in [3.8, 4) is 0 Å². The Hall–Kier alpha value is -1.96. The van der Waals surface area contributed by atoms with Crippen molar-refractivity contribution in [2.75, 3.05) is 37.7 Å². The summed E-state index contributed by atoms with van der Waals surface area (Å²) in [5, 5.41) is 10.8. The van der Waals surface area contributed by atoms with Gasteiger partial charge in [0.2, 0.25) is 5.91 Å². The summed E-state index contributed by atoms with van der Waals surface area (Å²) in [4.78, 5) is 25.6. The molecule has 1 unspecified atom stereocenters. The van der Waals surface area contributed by atoms with Crippen molar-refractivity contribution < 1.29 is 14.6 Å². The molecule has 3 heterocycles. The van der Waals surface area contributed by atoms with Gasteiger partial charge < -0.3 is 19.6 Å². The molecule has 3 aliphatic heterocycles. The number of benzene rings is 1. The molecule has 0 saturated carbocycles. The van der Waals surface area contributed by atoms with Crippen molar-refractivity contribution in [2.45, 2.75) is 31.9 Å². The zero-order chi connectivity index (χ0) is 18.8. The number of aliphatic hydroxyl groups is 1.